The summed E-state index contributed by atoms with van der Waals surface area (Å²) in [5.74, 6) is 0. The molecule has 0 saturated carbocycles. The van der Waals surface area contributed by atoms with Crippen molar-refractivity contribution in [2.24, 2.45) is 0 Å². The number of thioether (sulfide) groups is 1. The Hall–Kier alpha value is -0.170. The summed E-state index contributed by atoms with van der Waals surface area (Å²) in [6.45, 7) is 2.25. The molecule has 2 unspecified atom stereocenters. The van der Waals surface area contributed by atoms with E-state index in [0.29, 0.717) is 0 Å². The Balaban J connectivity index is 1.88. The lowest BCUT2D eigenvalue weighted by Crippen LogP contribution is -1.94. The van der Waals surface area contributed by atoms with Gasteiger partial charge in [-0.1, -0.05) is 37.1 Å². The molecule has 2 atom stereocenters. The van der Waals surface area contributed by atoms with Gasteiger partial charge in [-0.3, -0.25) is 0 Å². The third kappa shape index (κ3) is 1.70. The predicted octanol–water partition coefficient (Wildman–Crippen LogP) is 3.16. The second-order valence-corrected chi connectivity index (χ2v) is 4.63. The molecule has 2 rings (SSSR count). The van der Waals surface area contributed by atoms with Crippen LogP contribution in [0.5, 0.6) is 0 Å². The number of rotatable bonds is 3. The van der Waals surface area contributed by atoms with Gasteiger partial charge in [0.15, 0.2) is 0 Å². The van der Waals surface area contributed by atoms with Crippen molar-refractivity contribution < 1.29 is 0 Å². The van der Waals surface area contributed by atoms with Crippen molar-refractivity contribution in [1.29, 1.82) is 0 Å². The minimum atomic E-state index is 0.848. The highest BCUT2D eigenvalue weighted by atomic mass is 32.2. The van der Waals surface area contributed by atoms with Crippen LogP contribution in [0, 0.1) is 0 Å². The number of hydrogen-bond donors (Lipinski definition) is 0. The minimum Gasteiger partial charge on any atom is -0.144 e. The Labute approximate surface area is 72.8 Å². The molecule has 0 spiro atoms. The van der Waals surface area contributed by atoms with Crippen LogP contribution in [-0.4, -0.2) is 10.5 Å². The van der Waals surface area contributed by atoms with E-state index in [-0.39, 0.29) is 0 Å². The average Bonchev–Trinajstić information content (AvgIpc) is 2.78. The summed E-state index contributed by atoms with van der Waals surface area (Å²) < 4.78 is 0. The molecule has 0 aromatic heterocycles. The zero-order valence-corrected chi connectivity index (χ0v) is 7.73. The molecule has 0 nitrogen and oxygen atoms in total. The first-order valence-corrected chi connectivity index (χ1v) is 5.39. The van der Waals surface area contributed by atoms with Gasteiger partial charge in [0.2, 0.25) is 0 Å². The minimum absolute atomic E-state index is 0.848. The molecule has 0 bridgehead atoms. The van der Waals surface area contributed by atoms with Crippen LogP contribution in [0.25, 0.3) is 0 Å². The molecule has 1 heteroatoms. The molecule has 1 saturated heterocycles. The lowest BCUT2D eigenvalue weighted by Gasteiger charge is -2.03. The topological polar surface area (TPSA) is 0 Å². The second kappa shape index (κ2) is 3.06. The van der Waals surface area contributed by atoms with Crippen LogP contribution in [0.1, 0.15) is 26.2 Å². The molecule has 0 aromatic carbocycles. The summed E-state index contributed by atoms with van der Waals surface area (Å²) in [4.78, 5) is 0. The molecule has 2 aliphatic rings. The molecule has 0 N–H and O–H groups in total. The van der Waals surface area contributed by atoms with Crippen molar-refractivity contribution in [2.45, 2.75) is 36.7 Å². The second-order valence-electron chi connectivity index (χ2n) is 3.27. The van der Waals surface area contributed by atoms with Gasteiger partial charge in [-0.25, -0.2) is 0 Å². The van der Waals surface area contributed by atoms with Crippen molar-refractivity contribution in [3.63, 3.8) is 0 Å². The first-order valence-electron chi connectivity index (χ1n) is 4.44. The predicted molar refractivity (Wildman–Crippen MR) is 51.9 cm³/mol. The molecule has 0 radical (unpaired) electrons. The molecular weight excluding hydrogens is 152 g/mol. The van der Waals surface area contributed by atoms with Gasteiger partial charge in [0.25, 0.3) is 0 Å². The Kier molecular flexibility index (Phi) is 2.08. The van der Waals surface area contributed by atoms with Gasteiger partial charge in [-0.15, -0.1) is 11.8 Å². The van der Waals surface area contributed by atoms with E-state index in [1.54, 1.807) is 5.57 Å². The van der Waals surface area contributed by atoms with Crippen LogP contribution in [0.2, 0.25) is 0 Å². The normalized spacial score (nSPS) is 33.0. The molecule has 0 amide bonds. The SMILES string of the molecule is CCCCC1=CC2SC2C=C1. The summed E-state index contributed by atoms with van der Waals surface area (Å²) in [5, 5.41) is 1.70. The van der Waals surface area contributed by atoms with Crippen LogP contribution in [0.3, 0.4) is 0 Å². The molecular formula is C10H14S. The van der Waals surface area contributed by atoms with E-state index in [2.05, 4.69) is 36.9 Å². The monoisotopic (exact) mass is 166 g/mol. The summed E-state index contributed by atoms with van der Waals surface area (Å²) in [6, 6.07) is 0. The third-order valence-corrected chi connectivity index (χ3v) is 3.45. The fraction of sp³-hybridized carbons (Fsp3) is 0.600. The summed E-state index contributed by atoms with van der Waals surface area (Å²) in [6.07, 6.45) is 11.1. The van der Waals surface area contributed by atoms with E-state index in [9.17, 15) is 0 Å². The van der Waals surface area contributed by atoms with Crippen LogP contribution < -0.4 is 0 Å². The maximum atomic E-state index is 2.45. The van der Waals surface area contributed by atoms with Crippen LogP contribution >= 0.6 is 11.8 Å². The summed E-state index contributed by atoms with van der Waals surface area (Å²) in [5.41, 5.74) is 1.57. The maximum Gasteiger partial charge on any atom is 0.0393 e. The standard InChI is InChI=1S/C10H14S/c1-2-3-4-8-5-6-9-10(7-8)11-9/h5-7,9-10H,2-4H2,1H3. The zero-order chi connectivity index (χ0) is 7.68. The Bertz CT molecular complexity index is 203. The number of allylic oxidation sites excluding steroid dienone is 2. The highest BCUT2D eigenvalue weighted by Gasteiger charge is 2.35. The van der Waals surface area contributed by atoms with Crippen LogP contribution in [0.15, 0.2) is 23.8 Å². The van der Waals surface area contributed by atoms with Gasteiger partial charge in [-0.05, 0) is 12.8 Å². The van der Waals surface area contributed by atoms with Crippen molar-refractivity contribution in [3.8, 4) is 0 Å². The number of unbranched alkanes of at least 4 members (excludes halogenated alkanes) is 1. The van der Waals surface area contributed by atoms with Gasteiger partial charge >= 0.3 is 0 Å². The lowest BCUT2D eigenvalue weighted by molar-refractivity contribution is 0.793. The van der Waals surface area contributed by atoms with Gasteiger partial charge < -0.3 is 0 Å². The van der Waals surface area contributed by atoms with E-state index < -0.39 is 0 Å². The van der Waals surface area contributed by atoms with E-state index in [4.69, 9.17) is 0 Å². The quantitative estimate of drug-likeness (QED) is 0.580. The van der Waals surface area contributed by atoms with E-state index in [0.717, 1.165) is 10.5 Å². The summed E-state index contributed by atoms with van der Waals surface area (Å²) in [7, 11) is 0. The third-order valence-electron chi connectivity index (χ3n) is 2.26. The molecule has 60 valence electrons. The fourth-order valence-corrected chi connectivity index (χ4v) is 2.32. The first kappa shape index (κ1) is 7.48. The van der Waals surface area contributed by atoms with Crippen LogP contribution in [-0.2, 0) is 0 Å². The first-order chi connectivity index (χ1) is 5.40. The largest absolute Gasteiger partial charge is 0.144 e. The smallest absolute Gasteiger partial charge is 0.0393 e. The van der Waals surface area contributed by atoms with E-state index in [1.807, 2.05) is 0 Å². The zero-order valence-electron chi connectivity index (χ0n) is 6.92. The lowest BCUT2D eigenvalue weighted by atomic mass is 10.0. The van der Waals surface area contributed by atoms with Gasteiger partial charge in [0.05, 0.1) is 0 Å². The van der Waals surface area contributed by atoms with Crippen molar-refractivity contribution in [1.82, 2.24) is 0 Å². The Morgan fingerprint density at radius 2 is 2.36 bits per heavy atom. The van der Waals surface area contributed by atoms with Crippen molar-refractivity contribution in [3.05, 3.63) is 23.8 Å². The summed E-state index contributed by atoms with van der Waals surface area (Å²) >= 11 is 2.07. The maximum absolute atomic E-state index is 2.45. The van der Waals surface area contributed by atoms with Crippen LogP contribution in [0.4, 0.5) is 0 Å². The molecule has 1 heterocycles. The molecule has 11 heavy (non-hydrogen) atoms. The molecule has 1 fully saturated rings. The average molecular weight is 166 g/mol. The Morgan fingerprint density at radius 1 is 1.45 bits per heavy atom. The fourth-order valence-electron chi connectivity index (χ4n) is 1.46. The highest BCUT2D eigenvalue weighted by molar-refractivity contribution is 8.08. The van der Waals surface area contributed by atoms with Gasteiger partial charge in [-0.2, -0.15) is 0 Å². The Morgan fingerprint density at radius 3 is 3.09 bits per heavy atom. The highest BCUT2D eigenvalue weighted by Crippen LogP contribution is 2.46. The van der Waals surface area contributed by atoms with Gasteiger partial charge in [0, 0.05) is 10.5 Å². The molecule has 1 aliphatic heterocycles. The number of fused-ring (bicyclic) bond motifs is 1. The van der Waals surface area contributed by atoms with E-state index >= 15 is 0 Å². The van der Waals surface area contributed by atoms with E-state index in [1.165, 1.54) is 19.3 Å². The van der Waals surface area contributed by atoms with Crippen molar-refractivity contribution in [2.75, 3.05) is 0 Å². The molecule has 1 aliphatic carbocycles. The van der Waals surface area contributed by atoms with Crippen molar-refractivity contribution >= 4 is 11.8 Å². The number of hydrogen-bond acceptors (Lipinski definition) is 1. The molecule has 0 aromatic rings. The van der Waals surface area contributed by atoms with Gasteiger partial charge in [0.1, 0.15) is 0 Å².